The molecule has 1 heterocycles. The standard InChI is InChI=1S/C19H17BrN4O4/c1-11(2)28-18-7-4-13(8-17(18)24(26)27)10-21-23-12(3)22-16-6-5-14(20)9-15(16)19(23)25/h4-11H,1-3H3. The second-order valence-corrected chi connectivity index (χ2v) is 7.25. The summed E-state index contributed by atoms with van der Waals surface area (Å²) < 4.78 is 7.39. The van der Waals surface area contributed by atoms with Gasteiger partial charge in [-0.15, -0.1) is 0 Å². The first kappa shape index (κ1) is 19.7. The lowest BCUT2D eigenvalue weighted by Crippen LogP contribution is -2.20. The third kappa shape index (κ3) is 4.09. The summed E-state index contributed by atoms with van der Waals surface area (Å²) >= 11 is 3.34. The average molecular weight is 445 g/mol. The Labute approximate surface area is 168 Å². The van der Waals surface area contributed by atoms with Crippen LogP contribution >= 0.6 is 15.9 Å². The lowest BCUT2D eigenvalue weighted by atomic mass is 10.2. The highest BCUT2D eigenvalue weighted by Crippen LogP contribution is 2.28. The minimum Gasteiger partial charge on any atom is -0.484 e. The highest BCUT2D eigenvalue weighted by Gasteiger charge is 2.16. The van der Waals surface area contributed by atoms with Crippen molar-refractivity contribution in [3.8, 4) is 5.75 Å². The molecule has 0 radical (unpaired) electrons. The van der Waals surface area contributed by atoms with E-state index in [0.29, 0.717) is 22.3 Å². The van der Waals surface area contributed by atoms with Gasteiger partial charge < -0.3 is 4.74 Å². The molecular weight excluding hydrogens is 428 g/mol. The van der Waals surface area contributed by atoms with Gasteiger partial charge in [-0.25, -0.2) is 4.98 Å². The van der Waals surface area contributed by atoms with Gasteiger partial charge in [0.15, 0.2) is 5.75 Å². The summed E-state index contributed by atoms with van der Waals surface area (Å²) in [5, 5.41) is 15.9. The van der Waals surface area contributed by atoms with Crippen LogP contribution in [0.1, 0.15) is 25.2 Å². The van der Waals surface area contributed by atoms with E-state index < -0.39 is 4.92 Å². The van der Waals surface area contributed by atoms with Crippen molar-refractivity contribution in [1.29, 1.82) is 0 Å². The SMILES string of the molecule is Cc1nc2ccc(Br)cc2c(=O)n1N=Cc1ccc(OC(C)C)c([N+](=O)[O-])c1. The summed E-state index contributed by atoms with van der Waals surface area (Å²) in [5.41, 5.74) is 0.544. The van der Waals surface area contributed by atoms with E-state index in [1.165, 1.54) is 23.0 Å². The van der Waals surface area contributed by atoms with Gasteiger partial charge in [0, 0.05) is 16.1 Å². The maximum Gasteiger partial charge on any atom is 0.311 e. The quantitative estimate of drug-likeness (QED) is 0.335. The molecule has 9 heteroatoms. The van der Waals surface area contributed by atoms with E-state index in [-0.39, 0.29) is 23.1 Å². The molecule has 3 rings (SSSR count). The normalized spacial score (nSPS) is 11.5. The van der Waals surface area contributed by atoms with Gasteiger partial charge >= 0.3 is 5.69 Å². The minimum atomic E-state index is -0.512. The Morgan fingerprint density at radius 3 is 2.71 bits per heavy atom. The van der Waals surface area contributed by atoms with Crippen molar-refractivity contribution in [2.75, 3.05) is 0 Å². The van der Waals surface area contributed by atoms with Crippen molar-refractivity contribution in [3.63, 3.8) is 0 Å². The van der Waals surface area contributed by atoms with Gasteiger partial charge in [0.1, 0.15) is 5.82 Å². The fraction of sp³-hybridized carbons (Fsp3) is 0.211. The molecule has 0 aliphatic heterocycles. The Balaban J connectivity index is 2.03. The van der Waals surface area contributed by atoms with Crippen LogP contribution in [-0.2, 0) is 0 Å². The lowest BCUT2D eigenvalue weighted by molar-refractivity contribution is -0.386. The lowest BCUT2D eigenvalue weighted by Gasteiger charge is -2.10. The molecular formula is C19H17BrN4O4. The molecule has 1 aromatic heterocycles. The monoisotopic (exact) mass is 444 g/mol. The Bertz CT molecular complexity index is 1150. The highest BCUT2D eigenvalue weighted by molar-refractivity contribution is 9.10. The van der Waals surface area contributed by atoms with Crippen LogP contribution in [0, 0.1) is 17.0 Å². The zero-order valence-electron chi connectivity index (χ0n) is 15.4. The third-order valence-corrected chi connectivity index (χ3v) is 4.33. The molecule has 0 spiro atoms. The average Bonchev–Trinajstić information content (AvgIpc) is 2.62. The molecule has 0 fully saturated rings. The molecule has 0 saturated heterocycles. The van der Waals surface area contributed by atoms with Crippen LogP contribution in [0.2, 0.25) is 0 Å². The van der Waals surface area contributed by atoms with Gasteiger partial charge in [-0.1, -0.05) is 15.9 Å². The van der Waals surface area contributed by atoms with Crippen LogP contribution in [0.4, 0.5) is 5.69 Å². The predicted molar refractivity (Wildman–Crippen MR) is 110 cm³/mol. The molecule has 0 bridgehead atoms. The number of rotatable bonds is 5. The zero-order chi connectivity index (χ0) is 20.4. The van der Waals surface area contributed by atoms with E-state index in [2.05, 4.69) is 26.0 Å². The summed E-state index contributed by atoms with van der Waals surface area (Å²) in [6.07, 6.45) is 1.19. The first-order valence-corrected chi connectivity index (χ1v) is 9.24. The van der Waals surface area contributed by atoms with Crippen LogP contribution < -0.4 is 10.3 Å². The molecule has 0 N–H and O–H groups in total. The Kier molecular flexibility index (Phi) is 5.55. The van der Waals surface area contributed by atoms with E-state index in [9.17, 15) is 14.9 Å². The Morgan fingerprint density at radius 2 is 2.04 bits per heavy atom. The van der Waals surface area contributed by atoms with Crippen LogP contribution in [-0.4, -0.2) is 26.9 Å². The Hall–Kier alpha value is -3.07. The summed E-state index contributed by atoms with van der Waals surface area (Å²) in [6.45, 7) is 5.25. The van der Waals surface area contributed by atoms with Crippen molar-refractivity contribution < 1.29 is 9.66 Å². The molecule has 144 valence electrons. The maximum absolute atomic E-state index is 12.7. The van der Waals surface area contributed by atoms with Crippen LogP contribution in [0.25, 0.3) is 10.9 Å². The van der Waals surface area contributed by atoms with Crippen molar-refractivity contribution >= 4 is 38.7 Å². The first-order valence-electron chi connectivity index (χ1n) is 8.44. The summed E-state index contributed by atoms with van der Waals surface area (Å²) in [6, 6.07) is 9.75. The number of aromatic nitrogens is 2. The fourth-order valence-corrected chi connectivity index (χ4v) is 2.99. The molecule has 0 aliphatic rings. The molecule has 0 saturated carbocycles. The zero-order valence-corrected chi connectivity index (χ0v) is 17.0. The van der Waals surface area contributed by atoms with Gasteiger partial charge in [-0.05, 0) is 51.1 Å². The van der Waals surface area contributed by atoms with E-state index in [0.717, 1.165) is 4.47 Å². The predicted octanol–water partition coefficient (Wildman–Crippen LogP) is 4.05. The fourth-order valence-electron chi connectivity index (χ4n) is 2.63. The van der Waals surface area contributed by atoms with Crippen molar-refractivity contribution in [2.45, 2.75) is 26.9 Å². The third-order valence-electron chi connectivity index (χ3n) is 3.83. The molecule has 2 aromatic carbocycles. The smallest absolute Gasteiger partial charge is 0.311 e. The highest BCUT2D eigenvalue weighted by atomic mass is 79.9. The molecule has 3 aromatic rings. The summed E-state index contributed by atoms with van der Waals surface area (Å²) in [5.74, 6) is 0.591. The molecule has 28 heavy (non-hydrogen) atoms. The number of hydrogen-bond donors (Lipinski definition) is 0. The second-order valence-electron chi connectivity index (χ2n) is 6.33. The molecule has 0 atom stereocenters. The Morgan fingerprint density at radius 1 is 1.29 bits per heavy atom. The molecule has 0 unspecified atom stereocenters. The first-order chi connectivity index (χ1) is 13.3. The van der Waals surface area contributed by atoms with E-state index >= 15 is 0 Å². The minimum absolute atomic E-state index is 0.165. The molecule has 8 nitrogen and oxygen atoms in total. The number of nitrogens with zero attached hydrogens (tertiary/aromatic N) is 4. The number of aryl methyl sites for hydroxylation is 1. The summed E-state index contributed by atoms with van der Waals surface area (Å²) in [7, 11) is 0. The van der Waals surface area contributed by atoms with Gasteiger partial charge in [0.05, 0.1) is 28.1 Å². The van der Waals surface area contributed by atoms with Crippen LogP contribution in [0.5, 0.6) is 5.75 Å². The number of halogens is 1. The molecule has 0 aliphatic carbocycles. The van der Waals surface area contributed by atoms with Gasteiger partial charge in [-0.2, -0.15) is 9.78 Å². The van der Waals surface area contributed by atoms with Crippen molar-refractivity contribution in [3.05, 3.63) is 72.7 Å². The number of benzene rings is 2. The van der Waals surface area contributed by atoms with Gasteiger partial charge in [0.2, 0.25) is 0 Å². The number of fused-ring (bicyclic) bond motifs is 1. The van der Waals surface area contributed by atoms with E-state index in [1.807, 2.05) is 6.07 Å². The van der Waals surface area contributed by atoms with Crippen molar-refractivity contribution in [2.24, 2.45) is 5.10 Å². The number of nitro benzene ring substituents is 1. The van der Waals surface area contributed by atoms with Crippen LogP contribution in [0.3, 0.4) is 0 Å². The molecule has 0 amide bonds. The maximum atomic E-state index is 12.7. The number of ether oxygens (including phenoxy) is 1. The second kappa shape index (κ2) is 7.89. The van der Waals surface area contributed by atoms with Crippen LogP contribution in [0.15, 0.2) is 50.8 Å². The largest absolute Gasteiger partial charge is 0.484 e. The summed E-state index contributed by atoms with van der Waals surface area (Å²) in [4.78, 5) is 27.9. The van der Waals surface area contributed by atoms with E-state index in [1.54, 1.807) is 39.0 Å². The van der Waals surface area contributed by atoms with Gasteiger partial charge in [0.25, 0.3) is 5.56 Å². The van der Waals surface area contributed by atoms with Crippen molar-refractivity contribution in [1.82, 2.24) is 9.66 Å². The number of hydrogen-bond acceptors (Lipinski definition) is 6. The van der Waals surface area contributed by atoms with E-state index in [4.69, 9.17) is 4.74 Å². The van der Waals surface area contributed by atoms with Gasteiger partial charge in [-0.3, -0.25) is 14.9 Å². The topological polar surface area (TPSA) is 99.6 Å². The number of nitro groups is 1.